The van der Waals surface area contributed by atoms with Crippen LogP contribution in [0.5, 0.6) is 0 Å². The molecule has 0 amide bonds. The van der Waals surface area contributed by atoms with Crippen molar-refractivity contribution in [2.24, 2.45) is 5.73 Å². The van der Waals surface area contributed by atoms with E-state index < -0.39 is 0 Å². The van der Waals surface area contributed by atoms with Gasteiger partial charge in [-0.05, 0) is 26.0 Å². The van der Waals surface area contributed by atoms with Crippen LogP contribution in [-0.4, -0.2) is 11.0 Å². The molecule has 0 spiro atoms. The Labute approximate surface area is 106 Å². The van der Waals surface area contributed by atoms with E-state index in [9.17, 15) is 0 Å². The maximum absolute atomic E-state index is 5.75. The van der Waals surface area contributed by atoms with Crippen molar-refractivity contribution in [2.45, 2.75) is 26.3 Å². The van der Waals surface area contributed by atoms with Gasteiger partial charge in [-0.3, -0.25) is 0 Å². The number of nitrogens with zero attached hydrogens (tertiary/aromatic N) is 1. The summed E-state index contributed by atoms with van der Waals surface area (Å²) in [5.74, 6) is 0. The molecule has 1 aromatic heterocycles. The van der Waals surface area contributed by atoms with Crippen molar-refractivity contribution in [3.8, 4) is 0 Å². The van der Waals surface area contributed by atoms with Gasteiger partial charge in [0.2, 0.25) is 0 Å². The van der Waals surface area contributed by atoms with Crippen molar-refractivity contribution in [1.29, 1.82) is 0 Å². The largest absolute Gasteiger partial charge is 0.332 e. The zero-order valence-electron chi connectivity index (χ0n) is 10.1. The summed E-state index contributed by atoms with van der Waals surface area (Å²) in [5.41, 5.74) is 9.13. The minimum Gasteiger partial charge on any atom is -0.332 e. The number of aromatic nitrogens is 1. The van der Waals surface area contributed by atoms with Crippen LogP contribution in [-0.2, 0) is 6.42 Å². The highest BCUT2D eigenvalue weighted by Crippen LogP contribution is 2.21. The van der Waals surface area contributed by atoms with E-state index in [0.29, 0.717) is 0 Å². The molecule has 0 aliphatic rings. The number of anilines is 2. The lowest BCUT2D eigenvalue weighted by Crippen LogP contribution is -2.17. The molecule has 0 saturated carbocycles. The molecular formula is C13H17N3S. The number of benzene rings is 1. The van der Waals surface area contributed by atoms with Gasteiger partial charge in [-0.2, -0.15) is 0 Å². The molecule has 0 aliphatic heterocycles. The number of nitrogens with one attached hydrogen (secondary N) is 1. The van der Waals surface area contributed by atoms with Crippen LogP contribution in [0.15, 0.2) is 29.6 Å². The van der Waals surface area contributed by atoms with E-state index >= 15 is 0 Å². The Morgan fingerprint density at radius 1 is 1.35 bits per heavy atom. The molecule has 1 atom stereocenters. The maximum atomic E-state index is 5.75. The molecule has 1 unspecified atom stereocenters. The van der Waals surface area contributed by atoms with Crippen molar-refractivity contribution >= 4 is 22.2 Å². The molecule has 2 aromatic rings. The van der Waals surface area contributed by atoms with Crippen LogP contribution in [0.2, 0.25) is 0 Å². The highest BCUT2D eigenvalue weighted by atomic mass is 32.1. The molecular weight excluding hydrogens is 230 g/mol. The smallest absolute Gasteiger partial charge is 0.187 e. The van der Waals surface area contributed by atoms with Crippen molar-refractivity contribution < 1.29 is 0 Å². The van der Waals surface area contributed by atoms with Crippen LogP contribution >= 0.6 is 11.3 Å². The molecule has 0 radical (unpaired) electrons. The van der Waals surface area contributed by atoms with E-state index in [4.69, 9.17) is 5.73 Å². The van der Waals surface area contributed by atoms with Gasteiger partial charge in [-0.1, -0.05) is 17.7 Å². The van der Waals surface area contributed by atoms with E-state index in [-0.39, 0.29) is 6.04 Å². The first kappa shape index (κ1) is 12.1. The van der Waals surface area contributed by atoms with E-state index in [1.165, 1.54) is 5.56 Å². The maximum Gasteiger partial charge on any atom is 0.187 e. The van der Waals surface area contributed by atoms with Crippen molar-refractivity contribution in [1.82, 2.24) is 4.98 Å². The molecule has 1 aromatic carbocycles. The molecule has 0 saturated heterocycles. The third-order valence-corrected chi connectivity index (χ3v) is 3.19. The van der Waals surface area contributed by atoms with Crippen LogP contribution in [0, 0.1) is 6.92 Å². The standard InChI is InChI=1S/C13H17N3S/c1-9-3-5-11(6-4-9)15-13-16-12(8-17-13)7-10(2)14/h3-6,8,10H,7,14H2,1-2H3,(H,15,16). The average molecular weight is 247 g/mol. The summed E-state index contributed by atoms with van der Waals surface area (Å²) in [5, 5.41) is 6.27. The van der Waals surface area contributed by atoms with Crippen LogP contribution in [0.25, 0.3) is 0 Å². The summed E-state index contributed by atoms with van der Waals surface area (Å²) in [6.45, 7) is 4.07. The summed E-state index contributed by atoms with van der Waals surface area (Å²) in [4.78, 5) is 4.50. The van der Waals surface area contributed by atoms with Crippen molar-refractivity contribution in [3.63, 3.8) is 0 Å². The molecule has 3 nitrogen and oxygen atoms in total. The van der Waals surface area contributed by atoms with Gasteiger partial charge in [0.25, 0.3) is 0 Å². The fourth-order valence-corrected chi connectivity index (χ4v) is 2.29. The lowest BCUT2D eigenvalue weighted by atomic mass is 10.2. The first-order chi connectivity index (χ1) is 8.13. The van der Waals surface area contributed by atoms with Gasteiger partial charge in [-0.15, -0.1) is 11.3 Å². The molecule has 3 N–H and O–H groups in total. The number of thiazole rings is 1. The minimum absolute atomic E-state index is 0.157. The zero-order valence-corrected chi connectivity index (χ0v) is 10.9. The average Bonchev–Trinajstić information content (AvgIpc) is 2.68. The Morgan fingerprint density at radius 2 is 2.06 bits per heavy atom. The van der Waals surface area contributed by atoms with Gasteiger partial charge >= 0.3 is 0 Å². The van der Waals surface area contributed by atoms with Crippen LogP contribution < -0.4 is 11.1 Å². The second-order valence-electron chi connectivity index (χ2n) is 4.32. The Balaban J connectivity index is 2.03. The second-order valence-corrected chi connectivity index (χ2v) is 5.17. The topological polar surface area (TPSA) is 50.9 Å². The SMILES string of the molecule is Cc1ccc(Nc2nc(CC(C)N)cs2)cc1. The van der Waals surface area contributed by atoms with E-state index in [1.54, 1.807) is 11.3 Å². The lowest BCUT2D eigenvalue weighted by Gasteiger charge is -2.03. The molecule has 4 heteroatoms. The van der Waals surface area contributed by atoms with E-state index in [2.05, 4.69) is 46.9 Å². The molecule has 0 fully saturated rings. The molecule has 0 aliphatic carbocycles. The fraction of sp³-hybridized carbons (Fsp3) is 0.308. The molecule has 90 valence electrons. The summed E-state index contributed by atoms with van der Waals surface area (Å²) >= 11 is 1.61. The lowest BCUT2D eigenvalue weighted by molar-refractivity contribution is 0.726. The Hall–Kier alpha value is -1.39. The summed E-state index contributed by atoms with van der Waals surface area (Å²) in [6.07, 6.45) is 0.825. The normalized spacial score (nSPS) is 12.4. The predicted molar refractivity (Wildman–Crippen MR) is 73.9 cm³/mol. The summed E-state index contributed by atoms with van der Waals surface area (Å²) in [6, 6.07) is 8.44. The highest BCUT2D eigenvalue weighted by Gasteiger charge is 2.04. The van der Waals surface area contributed by atoms with E-state index in [0.717, 1.165) is 22.9 Å². The monoisotopic (exact) mass is 247 g/mol. The number of rotatable bonds is 4. The summed E-state index contributed by atoms with van der Waals surface area (Å²) in [7, 11) is 0. The fourth-order valence-electron chi connectivity index (χ4n) is 1.55. The summed E-state index contributed by atoms with van der Waals surface area (Å²) < 4.78 is 0. The van der Waals surface area contributed by atoms with Crippen LogP contribution in [0.3, 0.4) is 0 Å². The van der Waals surface area contributed by atoms with Gasteiger partial charge in [0.1, 0.15) is 0 Å². The molecule has 2 rings (SSSR count). The molecule has 17 heavy (non-hydrogen) atoms. The quantitative estimate of drug-likeness (QED) is 0.873. The second kappa shape index (κ2) is 5.29. The van der Waals surface area contributed by atoms with Gasteiger partial charge in [0.15, 0.2) is 5.13 Å². The van der Waals surface area contributed by atoms with Gasteiger partial charge in [0, 0.05) is 23.5 Å². The minimum atomic E-state index is 0.157. The third-order valence-electron chi connectivity index (χ3n) is 2.39. The Kier molecular flexibility index (Phi) is 3.76. The highest BCUT2D eigenvalue weighted by molar-refractivity contribution is 7.13. The van der Waals surface area contributed by atoms with E-state index in [1.807, 2.05) is 6.92 Å². The first-order valence-electron chi connectivity index (χ1n) is 5.67. The van der Waals surface area contributed by atoms with Crippen LogP contribution in [0.1, 0.15) is 18.2 Å². The Morgan fingerprint density at radius 3 is 2.71 bits per heavy atom. The number of hydrogen-bond acceptors (Lipinski definition) is 4. The zero-order chi connectivity index (χ0) is 12.3. The first-order valence-corrected chi connectivity index (χ1v) is 6.55. The Bertz CT molecular complexity index is 474. The van der Waals surface area contributed by atoms with Crippen LogP contribution in [0.4, 0.5) is 10.8 Å². The molecule has 0 bridgehead atoms. The third kappa shape index (κ3) is 3.54. The number of hydrogen-bond donors (Lipinski definition) is 2. The van der Waals surface area contributed by atoms with Crippen molar-refractivity contribution in [2.75, 3.05) is 5.32 Å². The van der Waals surface area contributed by atoms with Gasteiger partial charge in [-0.25, -0.2) is 4.98 Å². The van der Waals surface area contributed by atoms with Gasteiger partial charge < -0.3 is 11.1 Å². The number of aryl methyl sites for hydroxylation is 1. The number of nitrogens with two attached hydrogens (primary N) is 1. The van der Waals surface area contributed by atoms with Crippen molar-refractivity contribution in [3.05, 3.63) is 40.9 Å². The molecule has 1 heterocycles. The predicted octanol–water partition coefficient (Wildman–Crippen LogP) is 3.08. The van der Waals surface area contributed by atoms with Gasteiger partial charge in [0.05, 0.1) is 5.69 Å².